The third-order valence-electron chi connectivity index (χ3n) is 3.83. The van der Waals surface area contributed by atoms with Crippen LogP contribution in [-0.2, 0) is 0 Å². The molecule has 1 heterocycles. The second-order valence-electron chi connectivity index (χ2n) is 5.24. The van der Waals surface area contributed by atoms with Crippen molar-refractivity contribution in [1.82, 2.24) is 4.90 Å². The van der Waals surface area contributed by atoms with Gasteiger partial charge in [0.2, 0.25) is 0 Å². The van der Waals surface area contributed by atoms with Crippen LogP contribution in [0.15, 0.2) is 18.2 Å². The molecule has 1 aliphatic heterocycles. The van der Waals surface area contributed by atoms with E-state index in [0.29, 0.717) is 6.54 Å². The number of likely N-dealkylation sites (tertiary alicyclic amines) is 1. The van der Waals surface area contributed by atoms with Crippen LogP contribution < -0.4 is 10.5 Å². The van der Waals surface area contributed by atoms with E-state index in [4.69, 9.17) is 10.5 Å². The molecule has 1 fully saturated rings. The van der Waals surface area contributed by atoms with Crippen molar-refractivity contribution in [3.05, 3.63) is 29.6 Å². The lowest BCUT2D eigenvalue weighted by molar-refractivity contribution is 0.0575. The summed E-state index contributed by atoms with van der Waals surface area (Å²) < 4.78 is 19.1. The van der Waals surface area contributed by atoms with E-state index in [-0.39, 0.29) is 29.3 Å². The highest BCUT2D eigenvalue weighted by Gasteiger charge is 2.32. The highest BCUT2D eigenvalue weighted by Crippen LogP contribution is 2.27. The number of hydrogen-bond donors (Lipinski definition) is 1. The van der Waals surface area contributed by atoms with Crippen LogP contribution in [0.1, 0.15) is 36.5 Å². The second kappa shape index (κ2) is 6.22. The molecule has 4 nitrogen and oxygen atoms in total. The van der Waals surface area contributed by atoms with Crippen LogP contribution in [0, 0.1) is 5.82 Å². The van der Waals surface area contributed by atoms with E-state index in [2.05, 4.69) is 0 Å². The molecular weight excluding hydrogens is 259 g/mol. The minimum Gasteiger partial charge on any atom is -0.496 e. The number of carbonyl (C=O) groups is 1. The summed E-state index contributed by atoms with van der Waals surface area (Å²) >= 11 is 0. The number of nitrogens with two attached hydrogens (primary N) is 1. The predicted molar refractivity (Wildman–Crippen MR) is 75.3 cm³/mol. The maximum absolute atomic E-state index is 14.0. The molecule has 0 aliphatic carbocycles. The Bertz CT molecular complexity index is 491. The average molecular weight is 280 g/mol. The zero-order valence-corrected chi connectivity index (χ0v) is 11.9. The molecule has 2 N–H and O–H groups in total. The maximum Gasteiger partial charge on any atom is 0.260 e. The van der Waals surface area contributed by atoms with Gasteiger partial charge in [0.25, 0.3) is 5.91 Å². The van der Waals surface area contributed by atoms with Gasteiger partial charge >= 0.3 is 0 Å². The van der Waals surface area contributed by atoms with E-state index in [0.717, 1.165) is 19.3 Å². The summed E-state index contributed by atoms with van der Waals surface area (Å²) in [5.74, 6) is -0.616. The third-order valence-corrected chi connectivity index (χ3v) is 3.83. The van der Waals surface area contributed by atoms with Crippen LogP contribution in [0.2, 0.25) is 0 Å². The van der Waals surface area contributed by atoms with Gasteiger partial charge in [-0.25, -0.2) is 4.39 Å². The van der Waals surface area contributed by atoms with Crippen molar-refractivity contribution in [3.63, 3.8) is 0 Å². The Balaban J connectivity index is 2.34. The fourth-order valence-electron chi connectivity index (χ4n) is 2.78. The van der Waals surface area contributed by atoms with Gasteiger partial charge in [0, 0.05) is 18.6 Å². The summed E-state index contributed by atoms with van der Waals surface area (Å²) in [6.45, 7) is 2.50. The molecule has 1 aromatic carbocycles. The van der Waals surface area contributed by atoms with Gasteiger partial charge in [-0.15, -0.1) is 0 Å². The molecule has 1 aromatic rings. The summed E-state index contributed by atoms with van der Waals surface area (Å²) in [5, 5.41) is 0. The van der Waals surface area contributed by atoms with Gasteiger partial charge in [0.1, 0.15) is 17.1 Å². The third kappa shape index (κ3) is 2.77. The van der Waals surface area contributed by atoms with Gasteiger partial charge < -0.3 is 15.4 Å². The van der Waals surface area contributed by atoms with Gasteiger partial charge in [0.15, 0.2) is 0 Å². The lowest BCUT2D eigenvalue weighted by atomic mass is 9.96. The number of nitrogens with zero attached hydrogens (tertiary/aromatic N) is 1. The van der Waals surface area contributed by atoms with E-state index < -0.39 is 5.82 Å². The molecule has 2 atom stereocenters. The lowest BCUT2D eigenvalue weighted by Crippen LogP contribution is -2.51. The van der Waals surface area contributed by atoms with Crippen LogP contribution in [0.4, 0.5) is 4.39 Å². The first-order valence-electron chi connectivity index (χ1n) is 6.95. The largest absolute Gasteiger partial charge is 0.496 e. The van der Waals surface area contributed by atoms with E-state index in [1.165, 1.54) is 19.2 Å². The number of ether oxygens (including phenoxy) is 1. The molecule has 1 amide bonds. The predicted octanol–water partition coefficient (Wildman–Crippen LogP) is 2.18. The number of halogens is 1. The molecular formula is C15H21FN2O2. The van der Waals surface area contributed by atoms with Gasteiger partial charge in [-0.05, 0) is 38.3 Å². The fourth-order valence-corrected chi connectivity index (χ4v) is 2.78. The highest BCUT2D eigenvalue weighted by atomic mass is 19.1. The minimum atomic E-state index is -0.552. The number of amides is 1. The quantitative estimate of drug-likeness (QED) is 0.923. The number of hydrogen-bond acceptors (Lipinski definition) is 3. The second-order valence-corrected chi connectivity index (χ2v) is 5.24. The Labute approximate surface area is 118 Å². The first-order valence-corrected chi connectivity index (χ1v) is 6.95. The molecule has 1 aliphatic rings. The zero-order valence-electron chi connectivity index (χ0n) is 11.9. The van der Waals surface area contributed by atoms with Crippen molar-refractivity contribution in [3.8, 4) is 5.75 Å². The van der Waals surface area contributed by atoms with Crippen molar-refractivity contribution in [2.45, 2.75) is 38.3 Å². The van der Waals surface area contributed by atoms with Crippen LogP contribution in [-0.4, -0.2) is 36.5 Å². The lowest BCUT2D eigenvalue weighted by Gasteiger charge is -2.38. The smallest absolute Gasteiger partial charge is 0.260 e. The number of benzene rings is 1. The Hall–Kier alpha value is -1.62. The summed E-state index contributed by atoms with van der Waals surface area (Å²) in [7, 11) is 1.44. The molecule has 0 saturated carbocycles. The van der Waals surface area contributed by atoms with Crippen molar-refractivity contribution in [1.29, 1.82) is 0 Å². The van der Waals surface area contributed by atoms with E-state index in [1.54, 1.807) is 11.0 Å². The first-order chi connectivity index (χ1) is 9.56. The molecule has 0 radical (unpaired) electrons. The van der Waals surface area contributed by atoms with Crippen molar-refractivity contribution in [2.24, 2.45) is 5.73 Å². The number of rotatable bonds is 3. The SMILES string of the molecule is COc1cccc(F)c1C(=O)N1CCCCC1C(C)N. The van der Waals surface area contributed by atoms with Crippen LogP contribution in [0.25, 0.3) is 0 Å². The molecule has 1 saturated heterocycles. The molecule has 0 aromatic heterocycles. The Morgan fingerprint density at radius 1 is 1.50 bits per heavy atom. The van der Waals surface area contributed by atoms with Gasteiger partial charge in [-0.3, -0.25) is 4.79 Å². The van der Waals surface area contributed by atoms with Gasteiger partial charge in [-0.1, -0.05) is 6.07 Å². The van der Waals surface area contributed by atoms with Crippen LogP contribution in [0.5, 0.6) is 5.75 Å². The highest BCUT2D eigenvalue weighted by molar-refractivity contribution is 5.97. The van der Waals surface area contributed by atoms with E-state index >= 15 is 0 Å². The summed E-state index contributed by atoms with van der Waals surface area (Å²) in [6.07, 6.45) is 2.83. The van der Waals surface area contributed by atoms with Crippen LogP contribution >= 0.6 is 0 Å². The Morgan fingerprint density at radius 2 is 2.25 bits per heavy atom. The van der Waals surface area contributed by atoms with Crippen molar-refractivity contribution < 1.29 is 13.9 Å². The molecule has 2 unspecified atom stereocenters. The number of carbonyl (C=O) groups excluding carboxylic acids is 1. The molecule has 5 heteroatoms. The van der Waals surface area contributed by atoms with Crippen LogP contribution in [0.3, 0.4) is 0 Å². The normalized spacial score (nSPS) is 20.6. The Kier molecular flexibility index (Phi) is 4.60. The number of piperidine rings is 1. The van der Waals surface area contributed by atoms with E-state index in [1.807, 2.05) is 6.92 Å². The summed E-state index contributed by atoms with van der Waals surface area (Å²) in [6, 6.07) is 4.24. The monoisotopic (exact) mass is 280 g/mol. The zero-order chi connectivity index (χ0) is 14.7. The van der Waals surface area contributed by atoms with Gasteiger partial charge in [-0.2, -0.15) is 0 Å². The number of methoxy groups -OCH3 is 1. The van der Waals surface area contributed by atoms with Gasteiger partial charge in [0.05, 0.1) is 7.11 Å². The molecule has 0 spiro atoms. The standard InChI is InChI=1S/C15H21FN2O2/c1-10(17)12-7-3-4-9-18(12)15(19)14-11(16)6-5-8-13(14)20-2/h5-6,8,10,12H,3-4,7,9,17H2,1-2H3. The summed E-state index contributed by atoms with van der Waals surface area (Å²) in [5.41, 5.74) is 5.97. The maximum atomic E-state index is 14.0. The van der Waals surface area contributed by atoms with Crippen molar-refractivity contribution >= 4 is 5.91 Å². The first kappa shape index (κ1) is 14.8. The molecule has 0 bridgehead atoms. The average Bonchev–Trinajstić information content (AvgIpc) is 2.46. The van der Waals surface area contributed by atoms with Crippen molar-refractivity contribution in [2.75, 3.05) is 13.7 Å². The van der Waals surface area contributed by atoms with E-state index in [9.17, 15) is 9.18 Å². The fraction of sp³-hybridized carbons (Fsp3) is 0.533. The molecule has 2 rings (SSSR count). The Morgan fingerprint density at radius 3 is 2.90 bits per heavy atom. The summed E-state index contributed by atoms with van der Waals surface area (Å²) in [4.78, 5) is 14.4. The minimum absolute atomic E-state index is 0.00236. The molecule has 20 heavy (non-hydrogen) atoms. The topological polar surface area (TPSA) is 55.6 Å². The molecule has 110 valence electrons.